The minimum Gasteiger partial charge on any atom is -0.320 e. The smallest absolute Gasteiger partial charge is 0.144 e. The second-order valence-corrected chi connectivity index (χ2v) is 3.66. The SMILES string of the molecule is CC(C)N([Si])Cc1cccnc1. The number of rotatable bonds is 3. The summed E-state index contributed by atoms with van der Waals surface area (Å²) in [5, 5.41) is 0. The summed E-state index contributed by atoms with van der Waals surface area (Å²) in [5.41, 5.74) is 1.22. The molecule has 1 rings (SSSR count). The molecule has 12 heavy (non-hydrogen) atoms. The second-order valence-electron chi connectivity index (χ2n) is 3.08. The van der Waals surface area contributed by atoms with Gasteiger partial charge in [0.15, 0.2) is 0 Å². The summed E-state index contributed by atoms with van der Waals surface area (Å²) in [6.07, 6.45) is 3.67. The van der Waals surface area contributed by atoms with Crippen molar-refractivity contribution in [3.63, 3.8) is 0 Å². The number of aromatic nitrogens is 1. The number of pyridine rings is 1. The molecule has 0 aromatic carbocycles. The quantitative estimate of drug-likeness (QED) is 0.648. The summed E-state index contributed by atoms with van der Waals surface area (Å²) in [6, 6.07) is 4.53. The number of hydrogen-bond donors (Lipinski definition) is 0. The highest BCUT2D eigenvalue weighted by molar-refractivity contribution is 6.04. The van der Waals surface area contributed by atoms with E-state index in [-0.39, 0.29) is 0 Å². The van der Waals surface area contributed by atoms with Crippen LogP contribution >= 0.6 is 0 Å². The van der Waals surface area contributed by atoms with E-state index in [1.54, 1.807) is 6.20 Å². The third-order valence-electron chi connectivity index (χ3n) is 1.70. The van der Waals surface area contributed by atoms with Crippen LogP contribution in [0.4, 0.5) is 0 Å². The van der Waals surface area contributed by atoms with Gasteiger partial charge in [-0.3, -0.25) is 4.98 Å². The molecular weight excluding hydrogens is 164 g/mol. The number of nitrogens with zero attached hydrogens (tertiary/aromatic N) is 2. The zero-order valence-electron chi connectivity index (χ0n) is 7.49. The normalized spacial score (nSPS) is 11.1. The van der Waals surface area contributed by atoms with Gasteiger partial charge in [-0.05, 0) is 17.7 Å². The number of hydrogen-bond acceptors (Lipinski definition) is 2. The first-order chi connectivity index (χ1) is 5.70. The molecule has 0 aliphatic rings. The molecule has 0 bridgehead atoms. The van der Waals surface area contributed by atoms with E-state index in [1.165, 1.54) is 5.56 Å². The van der Waals surface area contributed by atoms with Crippen molar-refractivity contribution in [3.8, 4) is 0 Å². The van der Waals surface area contributed by atoms with Crippen molar-refractivity contribution >= 4 is 10.4 Å². The van der Waals surface area contributed by atoms with Crippen LogP contribution in [-0.4, -0.2) is 26.0 Å². The van der Waals surface area contributed by atoms with E-state index in [2.05, 4.69) is 39.9 Å². The van der Waals surface area contributed by atoms with Gasteiger partial charge in [0.25, 0.3) is 0 Å². The highest BCUT2D eigenvalue weighted by Gasteiger charge is 2.03. The molecule has 1 heterocycles. The standard InChI is InChI=1S/C9H13N2Si/c1-8(2)11(12)7-9-4-3-5-10-6-9/h3-6,8H,7H2,1-2H3. The van der Waals surface area contributed by atoms with Gasteiger partial charge in [0.05, 0.1) is 0 Å². The Bertz CT molecular complexity index is 223. The van der Waals surface area contributed by atoms with Crippen molar-refractivity contribution in [3.05, 3.63) is 30.1 Å². The van der Waals surface area contributed by atoms with Gasteiger partial charge in [0.2, 0.25) is 0 Å². The van der Waals surface area contributed by atoms with Gasteiger partial charge in [-0.1, -0.05) is 19.9 Å². The zero-order chi connectivity index (χ0) is 8.97. The largest absolute Gasteiger partial charge is 0.320 e. The molecule has 0 N–H and O–H groups in total. The summed E-state index contributed by atoms with van der Waals surface area (Å²) in [6.45, 7) is 5.18. The molecule has 63 valence electrons. The fourth-order valence-corrected chi connectivity index (χ4v) is 1.05. The fraction of sp³-hybridized carbons (Fsp3) is 0.444. The van der Waals surface area contributed by atoms with E-state index < -0.39 is 0 Å². The average molecular weight is 177 g/mol. The third-order valence-corrected chi connectivity index (χ3v) is 2.37. The van der Waals surface area contributed by atoms with Gasteiger partial charge in [-0.15, -0.1) is 0 Å². The molecule has 2 nitrogen and oxygen atoms in total. The Kier molecular flexibility index (Phi) is 3.43. The Morgan fingerprint density at radius 2 is 2.33 bits per heavy atom. The lowest BCUT2D eigenvalue weighted by Crippen LogP contribution is -2.27. The molecule has 3 radical (unpaired) electrons. The first-order valence-corrected chi connectivity index (χ1v) is 4.51. The summed E-state index contributed by atoms with van der Waals surface area (Å²) < 4.78 is 2.09. The lowest BCUT2D eigenvalue weighted by molar-refractivity contribution is 0.373. The molecule has 0 amide bonds. The predicted molar refractivity (Wildman–Crippen MR) is 50.7 cm³/mol. The molecule has 1 aromatic heterocycles. The van der Waals surface area contributed by atoms with Crippen molar-refractivity contribution in [1.29, 1.82) is 0 Å². The first kappa shape index (κ1) is 9.42. The van der Waals surface area contributed by atoms with E-state index in [1.807, 2.05) is 12.3 Å². The van der Waals surface area contributed by atoms with E-state index in [0.717, 1.165) is 6.54 Å². The Morgan fingerprint density at radius 3 is 2.83 bits per heavy atom. The molecule has 0 fully saturated rings. The molecule has 0 spiro atoms. The molecule has 0 aliphatic heterocycles. The van der Waals surface area contributed by atoms with E-state index in [0.29, 0.717) is 6.04 Å². The van der Waals surface area contributed by atoms with Crippen molar-refractivity contribution in [2.45, 2.75) is 26.4 Å². The average Bonchev–Trinajstić information content (AvgIpc) is 2.06. The third kappa shape index (κ3) is 2.75. The molecular formula is C9H13N2Si. The second kappa shape index (κ2) is 4.38. The van der Waals surface area contributed by atoms with Gasteiger partial charge >= 0.3 is 0 Å². The molecule has 0 aliphatic carbocycles. The van der Waals surface area contributed by atoms with Crippen molar-refractivity contribution < 1.29 is 0 Å². The van der Waals surface area contributed by atoms with E-state index in [4.69, 9.17) is 0 Å². The van der Waals surface area contributed by atoms with Gasteiger partial charge in [0.1, 0.15) is 10.4 Å². The zero-order valence-corrected chi connectivity index (χ0v) is 8.49. The maximum Gasteiger partial charge on any atom is 0.144 e. The van der Waals surface area contributed by atoms with Crippen LogP contribution in [-0.2, 0) is 6.54 Å². The van der Waals surface area contributed by atoms with Gasteiger partial charge in [0, 0.05) is 18.9 Å². The van der Waals surface area contributed by atoms with E-state index >= 15 is 0 Å². The minimum absolute atomic E-state index is 0.502. The van der Waals surface area contributed by atoms with Crippen LogP contribution in [0.1, 0.15) is 19.4 Å². The summed E-state index contributed by atoms with van der Waals surface area (Å²) in [4.78, 5) is 4.05. The van der Waals surface area contributed by atoms with Crippen molar-refractivity contribution in [1.82, 2.24) is 9.55 Å². The van der Waals surface area contributed by atoms with Crippen LogP contribution in [0.15, 0.2) is 24.5 Å². The fourth-order valence-electron chi connectivity index (χ4n) is 0.871. The Hall–Kier alpha value is -0.673. The summed E-state index contributed by atoms with van der Waals surface area (Å²) >= 11 is 0. The highest BCUT2D eigenvalue weighted by Crippen LogP contribution is 2.02. The molecule has 3 heteroatoms. The lowest BCUT2D eigenvalue weighted by atomic mass is 10.2. The molecule has 0 saturated carbocycles. The van der Waals surface area contributed by atoms with Gasteiger partial charge in [-0.25, -0.2) is 0 Å². The molecule has 1 aromatic rings. The van der Waals surface area contributed by atoms with Gasteiger partial charge < -0.3 is 4.57 Å². The molecule has 0 atom stereocenters. The maximum absolute atomic E-state index is 4.05. The highest BCUT2D eigenvalue weighted by atomic mass is 28.2. The summed E-state index contributed by atoms with van der Waals surface area (Å²) in [5.74, 6) is 0. The Labute approximate surface area is 77.1 Å². The van der Waals surface area contributed by atoms with Crippen LogP contribution < -0.4 is 0 Å². The lowest BCUT2D eigenvalue weighted by Gasteiger charge is -2.20. The van der Waals surface area contributed by atoms with Crippen LogP contribution in [0.25, 0.3) is 0 Å². The Balaban J connectivity index is 2.53. The van der Waals surface area contributed by atoms with Crippen molar-refractivity contribution in [2.75, 3.05) is 0 Å². The first-order valence-electron chi connectivity index (χ1n) is 4.07. The van der Waals surface area contributed by atoms with E-state index in [9.17, 15) is 0 Å². The van der Waals surface area contributed by atoms with Crippen LogP contribution in [0.5, 0.6) is 0 Å². The van der Waals surface area contributed by atoms with Crippen LogP contribution in [0.2, 0.25) is 0 Å². The molecule has 0 unspecified atom stereocenters. The summed E-state index contributed by atoms with van der Waals surface area (Å²) in [7, 11) is 3.53. The van der Waals surface area contributed by atoms with Crippen LogP contribution in [0, 0.1) is 0 Å². The van der Waals surface area contributed by atoms with Gasteiger partial charge in [-0.2, -0.15) is 0 Å². The topological polar surface area (TPSA) is 16.1 Å². The Morgan fingerprint density at radius 1 is 1.58 bits per heavy atom. The van der Waals surface area contributed by atoms with Crippen molar-refractivity contribution in [2.24, 2.45) is 0 Å². The maximum atomic E-state index is 4.05. The predicted octanol–water partition coefficient (Wildman–Crippen LogP) is 1.38. The minimum atomic E-state index is 0.502. The molecule has 0 saturated heterocycles. The monoisotopic (exact) mass is 177 g/mol. The van der Waals surface area contributed by atoms with Crippen LogP contribution in [0.3, 0.4) is 0 Å².